The Morgan fingerprint density at radius 1 is 1.28 bits per heavy atom. The van der Waals surface area contributed by atoms with Crippen molar-refractivity contribution in [2.45, 2.75) is 13.5 Å². The van der Waals surface area contributed by atoms with Gasteiger partial charge >= 0.3 is 0 Å². The molecular weight excluding hydrogens is 290 g/mol. The van der Waals surface area contributed by atoms with Crippen LogP contribution in [-0.4, -0.2) is 12.0 Å². The molecule has 0 saturated carbocycles. The molecule has 2 aromatic rings. The molecule has 1 aromatic carbocycles. The molecule has 0 fully saturated rings. The number of para-hydroxylation sites is 1. The van der Waals surface area contributed by atoms with Crippen molar-refractivity contribution < 1.29 is 0 Å². The summed E-state index contributed by atoms with van der Waals surface area (Å²) in [7, 11) is 2.01. The number of rotatable bonds is 3. The summed E-state index contributed by atoms with van der Waals surface area (Å²) in [5, 5.41) is 0. The zero-order chi connectivity index (χ0) is 13.1. The lowest BCUT2D eigenvalue weighted by Crippen LogP contribution is -2.19. The van der Waals surface area contributed by atoms with Gasteiger partial charge in [-0.1, -0.05) is 18.2 Å². The van der Waals surface area contributed by atoms with Crippen LogP contribution in [0.2, 0.25) is 0 Å². The maximum atomic E-state index is 5.96. The monoisotopic (exact) mass is 305 g/mol. The summed E-state index contributed by atoms with van der Waals surface area (Å²) in [5.41, 5.74) is 9.05. The van der Waals surface area contributed by atoms with E-state index < -0.39 is 0 Å². The molecule has 2 rings (SSSR count). The van der Waals surface area contributed by atoms with Crippen molar-refractivity contribution in [2.24, 2.45) is 0 Å². The molecular formula is C14H16BrN3. The standard InChI is InChI=1S/C14H16BrN3/c1-10-7-8-17-14(13(10)15)18(2)9-11-5-3-4-6-12(11)16/h3-8H,9,16H2,1-2H3. The molecule has 0 aliphatic heterocycles. The Kier molecular flexibility index (Phi) is 3.87. The Labute approximate surface area is 116 Å². The number of pyridine rings is 1. The van der Waals surface area contributed by atoms with Crippen LogP contribution in [-0.2, 0) is 6.54 Å². The first-order valence-electron chi connectivity index (χ1n) is 5.75. The van der Waals surface area contributed by atoms with E-state index in [1.807, 2.05) is 43.6 Å². The Morgan fingerprint density at radius 3 is 2.72 bits per heavy atom. The van der Waals surface area contributed by atoms with Gasteiger partial charge in [0.15, 0.2) is 0 Å². The van der Waals surface area contributed by atoms with Crippen molar-refractivity contribution in [3.8, 4) is 0 Å². The minimum atomic E-state index is 0.738. The van der Waals surface area contributed by atoms with Crippen molar-refractivity contribution in [1.29, 1.82) is 0 Å². The highest BCUT2D eigenvalue weighted by molar-refractivity contribution is 9.10. The molecule has 0 aliphatic carbocycles. The van der Waals surface area contributed by atoms with Crippen LogP contribution in [0.4, 0.5) is 11.5 Å². The van der Waals surface area contributed by atoms with E-state index in [1.165, 1.54) is 5.56 Å². The number of aromatic nitrogens is 1. The smallest absolute Gasteiger partial charge is 0.143 e. The largest absolute Gasteiger partial charge is 0.398 e. The van der Waals surface area contributed by atoms with Gasteiger partial charge in [-0.3, -0.25) is 0 Å². The number of nitrogens with zero attached hydrogens (tertiary/aromatic N) is 2. The number of nitrogen functional groups attached to an aromatic ring is 1. The van der Waals surface area contributed by atoms with Gasteiger partial charge in [-0.25, -0.2) is 4.98 Å². The summed E-state index contributed by atoms with van der Waals surface area (Å²) in [4.78, 5) is 6.49. The lowest BCUT2D eigenvalue weighted by atomic mass is 10.1. The number of anilines is 2. The Morgan fingerprint density at radius 2 is 2.00 bits per heavy atom. The van der Waals surface area contributed by atoms with Gasteiger partial charge in [-0.2, -0.15) is 0 Å². The highest BCUT2D eigenvalue weighted by Crippen LogP contribution is 2.27. The van der Waals surface area contributed by atoms with Crippen molar-refractivity contribution in [1.82, 2.24) is 4.98 Å². The molecule has 1 aromatic heterocycles. The van der Waals surface area contributed by atoms with E-state index in [9.17, 15) is 0 Å². The van der Waals surface area contributed by atoms with Crippen LogP contribution in [0.5, 0.6) is 0 Å². The maximum Gasteiger partial charge on any atom is 0.143 e. The van der Waals surface area contributed by atoms with Gasteiger partial charge in [0.25, 0.3) is 0 Å². The molecule has 2 N–H and O–H groups in total. The van der Waals surface area contributed by atoms with Gasteiger partial charge in [0, 0.05) is 25.5 Å². The van der Waals surface area contributed by atoms with Crippen LogP contribution in [0.15, 0.2) is 41.0 Å². The van der Waals surface area contributed by atoms with Crippen LogP contribution in [0.3, 0.4) is 0 Å². The molecule has 0 amide bonds. The molecule has 0 radical (unpaired) electrons. The number of hydrogen-bond donors (Lipinski definition) is 1. The van der Waals surface area contributed by atoms with Crippen molar-refractivity contribution in [2.75, 3.05) is 17.7 Å². The lowest BCUT2D eigenvalue weighted by Gasteiger charge is -2.21. The van der Waals surface area contributed by atoms with E-state index in [0.29, 0.717) is 0 Å². The van der Waals surface area contributed by atoms with E-state index in [1.54, 1.807) is 0 Å². The van der Waals surface area contributed by atoms with Crippen molar-refractivity contribution in [3.63, 3.8) is 0 Å². The Bertz CT molecular complexity index is 554. The molecule has 0 aliphatic rings. The number of hydrogen-bond acceptors (Lipinski definition) is 3. The molecule has 18 heavy (non-hydrogen) atoms. The van der Waals surface area contributed by atoms with Crippen LogP contribution in [0.25, 0.3) is 0 Å². The predicted molar refractivity (Wildman–Crippen MR) is 79.6 cm³/mol. The number of aryl methyl sites for hydroxylation is 1. The first-order valence-corrected chi connectivity index (χ1v) is 6.54. The molecule has 0 spiro atoms. The minimum absolute atomic E-state index is 0.738. The number of nitrogens with two attached hydrogens (primary N) is 1. The molecule has 4 heteroatoms. The van der Waals surface area contributed by atoms with E-state index in [-0.39, 0.29) is 0 Å². The SMILES string of the molecule is Cc1ccnc(N(C)Cc2ccccc2N)c1Br. The highest BCUT2D eigenvalue weighted by Gasteiger charge is 2.10. The van der Waals surface area contributed by atoms with Gasteiger partial charge in [-0.15, -0.1) is 0 Å². The molecule has 1 heterocycles. The second kappa shape index (κ2) is 5.40. The molecule has 0 unspecified atom stereocenters. The van der Waals surface area contributed by atoms with Gasteiger partial charge < -0.3 is 10.6 Å². The first kappa shape index (κ1) is 12.9. The third-order valence-corrected chi connectivity index (χ3v) is 3.87. The fourth-order valence-electron chi connectivity index (χ4n) is 1.80. The highest BCUT2D eigenvalue weighted by atomic mass is 79.9. The maximum absolute atomic E-state index is 5.96. The Balaban J connectivity index is 2.25. The quantitative estimate of drug-likeness (QED) is 0.884. The predicted octanol–water partition coefficient (Wildman–Crippen LogP) is 3.37. The normalized spacial score (nSPS) is 10.4. The second-order valence-corrected chi connectivity index (χ2v) is 5.11. The summed E-state index contributed by atoms with van der Waals surface area (Å²) < 4.78 is 1.03. The summed E-state index contributed by atoms with van der Waals surface area (Å²) in [5.74, 6) is 0.929. The van der Waals surface area contributed by atoms with Gasteiger partial charge in [0.2, 0.25) is 0 Å². The van der Waals surface area contributed by atoms with Crippen LogP contribution >= 0.6 is 15.9 Å². The number of halogens is 1. The topological polar surface area (TPSA) is 42.2 Å². The first-order chi connectivity index (χ1) is 8.59. The minimum Gasteiger partial charge on any atom is -0.398 e. The van der Waals surface area contributed by atoms with Crippen molar-refractivity contribution in [3.05, 3.63) is 52.1 Å². The average Bonchev–Trinajstić information content (AvgIpc) is 2.35. The summed E-state index contributed by atoms with van der Waals surface area (Å²) >= 11 is 3.58. The van der Waals surface area contributed by atoms with Crippen LogP contribution in [0, 0.1) is 6.92 Å². The summed E-state index contributed by atoms with van der Waals surface area (Å²) in [6, 6.07) is 9.88. The zero-order valence-electron chi connectivity index (χ0n) is 10.5. The van der Waals surface area contributed by atoms with Gasteiger partial charge in [0.1, 0.15) is 5.82 Å². The van der Waals surface area contributed by atoms with Gasteiger partial charge in [0.05, 0.1) is 4.47 Å². The summed E-state index contributed by atoms with van der Waals surface area (Å²) in [6.45, 7) is 2.79. The third kappa shape index (κ3) is 2.64. The Hall–Kier alpha value is -1.55. The van der Waals surface area contributed by atoms with E-state index in [4.69, 9.17) is 5.73 Å². The average molecular weight is 306 g/mol. The van der Waals surface area contributed by atoms with Crippen LogP contribution in [0.1, 0.15) is 11.1 Å². The lowest BCUT2D eigenvalue weighted by molar-refractivity contribution is 0.894. The van der Waals surface area contributed by atoms with Crippen molar-refractivity contribution >= 4 is 27.4 Å². The summed E-state index contributed by atoms with van der Waals surface area (Å²) in [6.07, 6.45) is 1.82. The van der Waals surface area contributed by atoms with E-state index >= 15 is 0 Å². The molecule has 0 atom stereocenters. The molecule has 94 valence electrons. The van der Waals surface area contributed by atoms with Gasteiger partial charge in [-0.05, 0) is 46.1 Å². The zero-order valence-corrected chi connectivity index (χ0v) is 12.1. The number of benzene rings is 1. The second-order valence-electron chi connectivity index (χ2n) is 4.32. The molecule has 3 nitrogen and oxygen atoms in total. The van der Waals surface area contributed by atoms with Crippen LogP contribution < -0.4 is 10.6 Å². The molecule has 0 saturated heterocycles. The fraction of sp³-hybridized carbons (Fsp3) is 0.214. The van der Waals surface area contributed by atoms with E-state index in [0.717, 1.165) is 28.1 Å². The molecule has 0 bridgehead atoms. The fourth-order valence-corrected chi connectivity index (χ4v) is 2.34. The third-order valence-electron chi connectivity index (χ3n) is 2.89. The van der Waals surface area contributed by atoms with E-state index in [2.05, 4.69) is 32.7 Å².